The van der Waals surface area contributed by atoms with Gasteiger partial charge in [-0.05, 0) is 34.5 Å². The Morgan fingerprint density at radius 2 is 1.55 bits per heavy atom. The number of hydrogen-bond donors (Lipinski definition) is 4. The minimum absolute atomic E-state index is 0.0298. The molecule has 0 saturated carbocycles. The van der Waals surface area contributed by atoms with Crippen LogP contribution in [0.2, 0.25) is 10.0 Å². The van der Waals surface area contributed by atoms with Crippen molar-refractivity contribution in [1.82, 2.24) is 16.0 Å². The summed E-state index contributed by atoms with van der Waals surface area (Å²) < 4.78 is 0. The highest BCUT2D eigenvalue weighted by Crippen LogP contribution is 2.24. The fourth-order valence-electron chi connectivity index (χ4n) is 2.93. The average Bonchev–Trinajstić information content (AvgIpc) is 2.74. The Bertz CT molecular complexity index is 1120. The zero-order valence-electron chi connectivity index (χ0n) is 16.2. The van der Waals surface area contributed by atoms with Crippen molar-refractivity contribution in [2.45, 2.75) is 12.6 Å². The van der Waals surface area contributed by atoms with Crippen LogP contribution in [0.4, 0.5) is 4.79 Å². The van der Waals surface area contributed by atoms with Gasteiger partial charge in [-0.2, -0.15) is 0 Å². The number of fused-ring (bicyclic) bond motifs is 1. The molecule has 0 fully saturated rings. The molecule has 3 amide bonds. The second kappa shape index (κ2) is 10.1. The average molecular weight is 460 g/mol. The molecular formula is C22H19Cl2N3O4. The predicted octanol–water partition coefficient (Wildman–Crippen LogP) is 3.83. The molecule has 3 rings (SSSR count). The van der Waals surface area contributed by atoms with Crippen molar-refractivity contribution in [2.75, 3.05) is 6.54 Å². The van der Waals surface area contributed by atoms with Gasteiger partial charge in [0.15, 0.2) is 0 Å². The van der Waals surface area contributed by atoms with E-state index >= 15 is 0 Å². The molecule has 160 valence electrons. The molecule has 0 bridgehead atoms. The normalized spacial score (nSPS) is 11.5. The van der Waals surface area contributed by atoms with E-state index in [1.807, 2.05) is 42.5 Å². The van der Waals surface area contributed by atoms with Crippen LogP contribution < -0.4 is 16.0 Å². The van der Waals surface area contributed by atoms with E-state index < -0.39 is 23.9 Å². The number of carboxylic acid groups (broad SMARTS) is 1. The van der Waals surface area contributed by atoms with E-state index in [1.54, 1.807) is 6.07 Å². The van der Waals surface area contributed by atoms with Crippen molar-refractivity contribution >= 4 is 51.9 Å². The van der Waals surface area contributed by atoms with Crippen LogP contribution in [0.1, 0.15) is 15.9 Å². The maximum Gasteiger partial charge on any atom is 0.328 e. The van der Waals surface area contributed by atoms with Gasteiger partial charge in [-0.15, -0.1) is 0 Å². The number of halogens is 2. The molecule has 1 atom stereocenters. The zero-order valence-corrected chi connectivity index (χ0v) is 17.7. The van der Waals surface area contributed by atoms with E-state index in [-0.39, 0.29) is 28.7 Å². The lowest BCUT2D eigenvalue weighted by Crippen LogP contribution is -2.50. The second-order valence-electron chi connectivity index (χ2n) is 6.71. The first kappa shape index (κ1) is 22.4. The van der Waals surface area contributed by atoms with Gasteiger partial charge in [0.25, 0.3) is 5.91 Å². The van der Waals surface area contributed by atoms with E-state index in [9.17, 15) is 19.5 Å². The molecule has 0 aliphatic carbocycles. The minimum atomic E-state index is -1.37. The van der Waals surface area contributed by atoms with Gasteiger partial charge < -0.3 is 21.1 Å². The van der Waals surface area contributed by atoms with Crippen molar-refractivity contribution in [3.63, 3.8) is 0 Å². The Morgan fingerprint density at radius 3 is 2.23 bits per heavy atom. The SMILES string of the molecule is O=C(NCc1ccc2ccccc2c1)NCC(NC(=O)c1c(Cl)cccc1Cl)C(=O)O. The molecule has 0 aliphatic rings. The van der Waals surface area contributed by atoms with E-state index in [0.29, 0.717) is 0 Å². The molecule has 3 aromatic rings. The topological polar surface area (TPSA) is 108 Å². The molecule has 0 spiro atoms. The molecule has 0 heterocycles. The molecule has 0 saturated heterocycles. The number of nitrogens with one attached hydrogen (secondary N) is 3. The largest absolute Gasteiger partial charge is 0.480 e. The third kappa shape index (κ3) is 5.87. The lowest BCUT2D eigenvalue weighted by molar-refractivity contribution is -0.139. The van der Waals surface area contributed by atoms with Crippen LogP contribution in [-0.4, -0.2) is 35.6 Å². The first-order valence-corrected chi connectivity index (χ1v) is 10.1. The first-order valence-electron chi connectivity index (χ1n) is 9.32. The quantitative estimate of drug-likeness (QED) is 0.430. The second-order valence-corrected chi connectivity index (χ2v) is 7.52. The van der Waals surface area contributed by atoms with Crippen LogP contribution in [0.5, 0.6) is 0 Å². The van der Waals surface area contributed by atoms with Crippen LogP contribution in [0.25, 0.3) is 10.8 Å². The number of carbonyl (C=O) groups excluding carboxylic acids is 2. The Morgan fingerprint density at radius 1 is 0.871 bits per heavy atom. The summed E-state index contributed by atoms with van der Waals surface area (Å²) in [6.45, 7) is -0.0668. The molecule has 0 aliphatic heterocycles. The Balaban J connectivity index is 1.55. The summed E-state index contributed by atoms with van der Waals surface area (Å²) in [5.41, 5.74) is 0.864. The fraction of sp³-hybridized carbons (Fsp3) is 0.136. The van der Waals surface area contributed by atoms with Crippen molar-refractivity contribution in [3.8, 4) is 0 Å². The highest BCUT2D eigenvalue weighted by molar-refractivity contribution is 6.39. The van der Waals surface area contributed by atoms with Gasteiger partial charge in [0.05, 0.1) is 22.2 Å². The number of rotatable bonds is 7. The summed E-state index contributed by atoms with van der Waals surface area (Å²) in [5, 5.41) is 19.1. The number of urea groups is 1. The van der Waals surface area contributed by atoms with Crippen molar-refractivity contribution in [1.29, 1.82) is 0 Å². The summed E-state index contributed by atoms with van der Waals surface area (Å²) >= 11 is 12.0. The standard InChI is InChI=1S/C22H19Cl2N3O4/c23-16-6-3-7-17(24)19(16)20(28)27-18(21(29)30)12-26-22(31)25-11-13-8-9-14-4-1-2-5-15(14)10-13/h1-10,18H,11-12H2,(H,27,28)(H,29,30)(H2,25,26,31). The molecule has 1 unspecified atom stereocenters. The highest BCUT2D eigenvalue weighted by atomic mass is 35.5. The smallest absolute Gasteiger partial charge is 0.328 e. The summed E-state index contributed by atoms with van der Waals surface area (Å²) in [6, 6.07) is 16.2. The molecular weight excluding hydrogens is 441 g/mol. The van der Waals surface area contributed by atoms with Gasteiger partial charge in [0.2, 0.25) is 0 Å². The molecule has 0 aromatic heterocycles. The van der Waals surface area contributed by atoms with E-state index in [2.05, 4.69) is 16.0 Å². The third-order valence-electron chi connectivity index (χ3n) is 4.53. The number of carbonyl (C=O) groups is 3. The molecule has 0 radical (unpaired) electrons. The summed E-state index contributed by atoms with van der Waals surface area (Å²) in [4.78, 5) is 36.0. The Kier molecular flexibility index (Phi) is 7.33. The maximum absolute atomic E-state index is 12.4. The van der Waals surface area contributed by atoms with Gasteiger partial charge in [-0.1, -0.05) is 65.7 Å². The number of carboxylic acids is 1. The van der Waals surface area contributed by atoms with Crippen molar-refractivity contribution in [3.05, 3.63) is 81.8 Å². The molecule has 9 heteroatoms. The monoisotopic (exact) mass is 459 g/mol. The van der Waals surface area contributed by atoms with E-state index in [4.69, 9.17) is 23.2 Å². The fourth-order valence-corrected chi connectivity index (χ4v) is 3.50. The van der Waals surface area contributed by atoms with Gasteiger partial charge >= 0.3 is 12.0 Å². The van der Waals surface area contributed by atoms with Gasteiger partial charge in [-0.25, -0.2) is 9.59 Å². The van der Waals surface area contributed by atoms with Crippen LogP contribution in [0.15, 0.2) is 60.7 Å². The molecule has 31 heavy (non-hydrogen) atoms. The summed E-state index contributed by atoms with van der Waals surface area (Å²) in [6.07, 6.45) is 0. The lowest BCUT2D eigenvalue weighted by atomic mass is 10.1. The maximum atomic E-state index is 12.4. The Hall–Kier alpha value is -3.29. The summed E-state index contributed by atoms with van der Waals surface area (Å²) in [5.74, 6) is -2.06. The van der Waals surface area contributed by atoms with Crippen LogP contribution in [0.3, 0.4) is 0 Å². The Labute approximate surface area is 188 Å². The highest BCUT2D eigenvalue weighted by Gasteiger charge is 2.24. The number of benzene rings is 3. The summed E-state index contributed by atoms with van der Waals surface area (Å²) in [7, 11) is 0. The first-order chi connectivity index (χ1) is 14.8. The molecule has 7 nitrogen and oxygen atoms in total. The zero-order chi connectivity index (χ0) is 22.4. The van der Waals surface area contributed by atoms with Crippen molar-refractivity contribution in [2.24, 2.45) is 0 Å². The predicted molar refractivity (Wildman–Crippen MR) is 120 cm³/mol. The van der Waals surface area contributed by atoms with Gasteiger partial charge in [-0.3, -0.25) is 4.79 Å². The lowest BCUT2D eigenvalue weighted by Gasteiger charge is -2.17. The molecule has 4 N–H and O–H groups in total. The van der Waals surface area contributed by atoms with E-state index in [0.717, 1.165) is 16.3 Å². The van der Waals surface area contributed by atoms with Gasteiger partial charge in [0.1, 0.15) is 6.04 Å². The minimum Gasteiger partial charge on any atom is -0.480 e. The van der Waals surface area contributed by atoms with Crippen LogP contribution >= 0.6 is 23.2 Å². The number of hydrogen-bond acceptors (Lipinski definition) is 3. The van der Waals surface area contributed by atoms with Gasteiger partial charge in [0, 0.05) is 6.54 Å². The number of aliphatic carboxylic acids is 1. The van der Waals surface area contributed by atoms with Crippen LogP contribution in [-0.2, 0) is 11.3 Å². The number of amides is 3. The van der Waals surface area contributed by atoms with E-state index in [1.165, 1.54) is 12.1 Å². The molecule has 3 aromatic carbocycles. The third-order valence-corrected chi connectivity index (χ3v) is 5.16. The van der Waals surface area contributed by atoms with Crippen molar-refractivity contribution < 1.29 is 19.5 Å². The van der Waals surface area contributed by atoms with Crippen LogP contribution in [0, 0.1) is 0 Å².